The molecule has 0 aliphatic carbocycles. The molecule has 2 atom stereocenters. The number of ether oxygens (including phenoxy) is 1. The highest BCUT2D eigenvalue weighted by molar-refractivity contribution is 6.30. The number of aliphatic imine (C=N–C) groups is 1. The van der Waals surface area contributed by atoms with Crippen molar-refractivity contribution in [1.82, 2.24) is 14.9 Å². The van der Waals surface area contributed by atoms with E-state index in [9.17, 15) is 4.79 Å². The van der Waals surface area contributed by atoms with Gasteiger partial charge < -0.3 is 10.5 Å². The molecule has 7 nitrogen and oxygen atoms in total. The summed E-state index contributed by atoms with van der Waals surface area (Å²) in [6, 6.07) is 13.3. The Labute approximate surface area is 190 Å². The van der Waals surface area contributed by atoms with Crippen LogP contribution in [0, 0.1) is 0 Å². The van der Waals surface area contributed by atoms with E-state index in [1.807, 2.05) is 49.4 Å². The van der Waals surface area contributed by atoms with Gasteiger partial charge in [-0.05, 0) is 42.8 Å². The Morgan fingerprint density at radius 1 is 1.19 bits per heavy atom. The largest absolute Gasteiger partial charge is 0.487 e. The molecule has 1 amide bonds. The van der Waals surface area contributed by atoms with Crippen LogP contribution in [0.4, 0.5) is 0 Å². The quantitative estimate of drug-likeness (QED) is 0.662. The van der Waals surface area contributed by atoms with E-state index in [2.05, 4.69) is 9.97 Å². The predicted octanol–water partition coefficient (Wildman–Crippen LogP) is 3.56. The summed E-state index contributed by atoms with van der Waals surface area (Å²) < 4.78 is 6.48. The highest BCUT2D eigenvalue weighted by atomic mass is 35.5. The number of nitrogens with two attached hydrogens (primary N) is 1. The first-order valence-electron chi connectivity index (χ1n) is 10.3. The summed E-state index contributed by atoms with van der Waals surface area (Å²) >= 11 is 6.14. The molecule has 1 aromatic carbocycles. The maximum Gasteiger partial charge on any atom is 0.261 e. The van der Waals surface area contributed by atoms with Gasteiger partial charge in [0.1, 0.15) is 11.4 Å². The number of nitrogens with zero attached hydrogens (tertiary/aromatic N) is 4. The van der Waals surface area contributed by atoms with E-state index < -0.39 is 11.1 Å². The smallest absolute Gasteiger partial charge is 0.261 e. The molecular weight excluding hydrogens is 426 g/mol. The van der Waals surface area contributed by atoms with Gasteiger partial charge in [0.15, 0.2) is 11.5 Å². The summed E-state index contributed by atoms with van der Waals surface area (Å²) in [7, 11) is 1.64. The van der Waals surface area contributed by atoms with Crippen LogP contribution >= 0.6 is 11.6 Å². The maximum atomic E-state index is 13.5. The van der Waals surface area contributed by atoms with Crippen molar-refractivity contribution in [2.24, 2.45) is 10.7 Å². The molecule has 0 fully saturated rings. The predicted molar refractivity (Wildman–Crippen MR) is 122 cm³/mol. The number of amides is 1. The molecule has 2 aromatic heterocycles. The molecule has 3 aromatic rings. The van der Waals surface area contributed by atoms with Crippen LogP contribution in [-0.4, -0.2) is 39.4 Å². The van der Waals surface area contributed by atoms with Crippen LogP contribution in [0.3, 0.4) is 0 Å². The molecule has 8 heteroatoms. The first kappa shape index (κ1) is 20.5. The fourth-order valence-corrected chi connectivity index (χ4v) is 4.78. The number of benzene rings is 1. The summed E-state index contributed by atoms with van der Waals surface area (Å²) in [5, 5.41) is 0.535. The molecule has 1 unspecified atom stereocenters. The van der Waals surface area contributed by atoms with Crippen LogP contribution in [0.15, 0.2) is 66.0 Å². The second-order valence-corrected chi connectivity index (χ2v) is 8.96. The number of halogens is 1. The monoisotopic (exact) mass is 447 g/mol. The van der Waals surface area contributed by atoms with E-state index in [0.717, 1.165) is 16.8 Å². The molecule has 32 heavy (non-hydrogen) atoms. The van der Waals surface area contributed by atoms with Crippen LogP contribution in [0.2, 0.25) is 5.02 Å². The molecule has 2 N–H and O–H groups in total. The summed E-state index contributed by atoms with van der Waals surface area (Å²) in [5.74, 6) is 0.625. The molecule has 2 aliphatic heterocycles. The fourth-order valence-electron chi connectivity index (χ4n) is 4.60. The first-order valence-corrected chi connectivity index (χ1v) is 10.7. The highest BCUT2D eigenvalue weighted by Gasteiger charge is 2.56. The summed E-state index contributed by atoms with van der Waals surface area (Å²) in [6.07, 6.45) is 5.93. The third-order valence-corrected chi connectivity index (χ3v) is 6.24. The number of aromatic nitrogens is 2. The Morgan fingerprint density at radius 3 is 2.72 bits per heavy atom. The number of pyridine rings is 2. The lowest BCUT2D eigenvalue weighted by Crippen LogP contribution is -2.51. The van der Waals surface area contributed by atoms with Gasteiger partial charge in [0.25, 0.3) is 5.91 Å². The third kappa shape index (κ3) is 3.29. The maximum absolute atomic E-state index is 13.5. The zero-order chi connectivity index (χ0) is 22.5. The van der Waals surface area contributed by atoms with Gasteiger partial charge in [-0.3, -0.25) is 19.7 Å². The van der Waals surface area contributed by atoms with E-state index in [4.69, 9.17) is 27.1 Å². The summed E-state index contributed by atoms with van der Waals surface area (Å²) in [4.78, 5) is 28.3. The van der Waals surface area contributed by atoms with Crippen molar-refractivity contribution in [3.8, 4) is 16.9 Å². The van der Waals surface area contributed by atoms with Gasteiger partial charge in [-0.1, -0.05) is 23.7 Å². The third-order valence-electron chi connectivity index (χ3n) is 6.04. The Morgan fingerprint density at radius 2 is 2.03 bits per heavy atom. The molecule has 0 radical (unpaired) electrons. The molecule has 2 aliphatic rings. The molecule has 162 valence electrons. The number of rotatable bonds is 3. The average Bonchev–Trinajstić information content (AvgIpc) is 2.97. The normalized spacial score (nSPS) is 24.3. The second kappa shape index (κ2) is 7.31. The van der Waals surface area contributed by atoms with E-state index in [0.29, 0.717) is 29.2 Å². The Hall–Kier alpha value is -3.45. The minimum Gasteiger partial charge on any atom is -0.487 e. The van der Waals surface area contributed by atoms with E-state index in [1.54, 1.807) is 25.6 Å². The van der Waals surface area contributed by atoms with Crippen LogP contribution in [0.25, 0.3) is 11.1 Å². The lowest BCUT2D eigenvalue weighted by Gasteiger charge is -2.43. The Bertz CT molecular complexity index is 1250. The lowest BCUT2D eigenvalue weighted by molar-refractivity contribution is -0.133. The van der Waals surface area contributed by atoms with Gasteiger partial charge in [-0.25, -0.2) is 4.99 Å². The van der Waals surface area contributed by atoms with Crippen LogP contribution in [0.1, 0.15) is 24.6 Å². The fraction of sp³-hybridized carbons (Fsp3) is 0.250. The van der Waals surface area contributed by atoms with Gasteiger partial charge in [0.05, 0.1) is 5.02 Å². The van der Waals surface area contributed by atoms with Crippen molar-refractivity contribution in [1.29, 1.82) is 0 Å². The van der Waals surface area contributed by atoms with Crippen molar-refractivity contribution in [2.45, 2.75) is 30.9 Å². The Kier molecular flexibility index (Phi) is 4.67. The minimum absolute atomic E-state index is 0.173. The van der Waals surface area contributed by atoms with Crippen molar-refractivity contribution < 1.29 is 9.53 Å². The van der Waals surface area contributed by atoms with E-state index in [-0.39, 0.29) is 11.9 Å². The minimum atomic E-state index is -1.17. The van der Waals surface area contributed by atoms with E-state index >= 15 is 0 Å². The van der Waals surface area contributed by atoms with Crippen LogP contribution in [-0.2, 0) is 16.8 Å². The van der Waals surface area contributed by atoms with Gasteiger partial charge in [-0.15, -0.1) is 0 Å². The highest BCUT2D eigenvalue weighted by Crippen LogP contribution is 2.50. The summed E-state index contributed by atoms with van der Waals surface area (Å²) in [5.41, 5.74) is 7.52. The van der Waals surface area contributed by atoms with Crippen molar-refractivity contribution in [3.05, 3.63) is 77.3 Å². The van der Waals surface area contributed by atoms with E-state index in [1.165, 1.54) is 4.90 Å². The number of hydrogen-bond acceptors (Lipinski definition) is 6. The lowest BCUT2D eigenvalue weighted by atomic mass is 9.74. The molecule has 5 rings (SSSR count). The van der Waals surface area contributed by atoms with Gasteiger partial charge in [-0.2, -0.15) is 0 Å². The SMILES string of the molecule is CN1C(=O)C2(C[C@@](C)(Cc3ccccn3)Oc3ccc(-c4cncc(Cl)c4)cc32)N=C1N. The van der Waals surface area contributed by atoms with Crippen molar-refractivity contribution in [3.63, 3.8) is 0 Å². The molecule has 0 saturated carbocycles. The molecule has 0 bridgehead atoms. The number of hydrogen-bond donors (Lipinski definition) is 1. The van der Waals surface area contributed by atoms with Crippen molar-refractivity contribution >= 4 is 23.5 Å². The number of likely N-dealkylation sites (N-methyl/N-ethyl adjacent to an activating group) is 1. The van der Waals surface area contributed by atoms with Gasteiger partial charge in [0, 0.05) is 55.3 Å². The van der Waals surface area contributed by atoms with Gasteiger partial charge in [0.2, 0.25) is 0 Å². The standard InChI is InChI=1S/C24H22ClN5O2/c1-23(11-18-5-3-4-8-28-18)14-24(21(31)30(2)22(26)29-24)19-10-15(6-7-20(19)32-23)16-9-17(25)13-27-12-16/h3-10,12-13H,11,14H2,1-2H3,(H2,26,29)/t23-,24?/m1/s1. The number of carbonyl (C=O) groups is 1. The molecular formula is C24H22ClN5O2. The van der Waals surface area contributed by atoms with Crippen molar-refractivity contribution in [2.75, 3.05) is 7.05 Å². The second-order valence-electron chi connectivity index (χ2n) is 8.52. The first-order chi connectivity index (χ1) is 15.3. The van der Waals surface area contributed by atoms with Crippen LogP contribution < -0.4 is 10.5 Å². The number of carbonyl (C=O) groups excluding carboxylic acids is 1. The summed E-state index contributed by atoms with van der Waals surface area (Å²) in [6.45, 7) is 1.98. The zero-order valence-electron chi connectivity index (χ0n) is 17.7. The topological polar surface area (TPSA) is 93.7 Å². The van der Waals surface area contributed by atoms with Crippen LogP contribution in [0.5, 0.6) is 5.75 Å². The zero-order valence-corrected chi connectivity index (χ0v) is 18.5. The average molecular weight is 448 g/mol. The molecule has 4 heterocycles. The number of fused-ring (bicyclic) bond motifs is 2. The van der Waals surface area contributed by atoms with Gasteiger partial charge >= 0.3 is 0 Å². The number of guanidine groups is 1. The Balaban J connectivity index is 1.65. The molecule has 1 spiro atoms. The molecule has 0 saturated heterocycles.